The fourth-order valence-corrected chi connectivity index (χ4v) is 3.60. The molecular formula is C10H19NO4S. The molecular weight excluding hydrogens is 230 g/mol. The maximum Gasteiger partial charge on any atom is 0.150 e. The standard InChI is InChI=1S/C10H19NO4S/c1-9(13)10(8-11-4-5-12)2-6-16(14,15)7-3-10/h11-12H,2-8H2,1H3. The van der Waals surface area contributed by atoms with Crippen LogP contribution in [0, 0.1) is 5.41 Å². The molecule has 1 saturated heterocycles. The summed E-state index contributed by atoms with van der Waals surface area (Å²) in [5, 5.41) is 11.6. The summed E-state index contributed by atoms with van der Waals surface area (Å²) in [7, 11) is -2.95. The van der Waals surface area contributed by atoms with Gasteiger partial charge in [-0.3, -0.25) is 4.79 Å². The Bertz CT molecular complexity index is 336. The monoisotopic (exact) mass is 249 g/mol. The first kappa shape index (κ1) is 13.6. The summed E-state index contributed by atoms with van der Waals surface area (Å²) in [4.78, 5) is 11.6. The maximum atomic E-state index is 11.6. The molecule has 1 aliphatic heterocycles. The highest BCUT2D eigenvalue weighted by molar-refractivity contribution is 7.91. The first-order chi connectivity index (χ1) is 7.42. The van der Waals surface area contributed by atoms with E-state index in [0.29, 0.717) is 25.9 Å². The minimum absolute atomic E-state index is 0.0201. The van der Waals surface area contributed by atoms with E-state index in [9.17, 15) is 13.2 Å². The van der Waals surface area contributed by atoms with Gasteiger partial charge in [-0.2, -0.15) is 0 Å². The van der Waals surface area contributed by atoms with Crippen LogP contribution in [-0.4, -0.2) is 50.5 Å². The van der Waals surface area contributed by atoms with E-state index in [2.05, 4.69) is 5.32 Å². The van der Waals surface area contributed by atoms with Gasteiger partial charge in [0.1, 0.15) is 15.6 Å². The number of Topliss-reactive ketones (excluding diaryl/α,β-unsaturated/α-hetero) is 1. The molecule has 1 heterocycles. The van der Waals surface area contributed by atoms with E-state index in [4.69, 9.17) is 5.11 Å². The van der Waals surface area contributed by atoms with Gasteiger partial charge in [0.15, 0.2) is 0 Å². The lowest BCUT2D eigenvalue weighted by molar-refractivity contribution is -0.126. The number of carbonyl (C=O) groups excluding carboxylic acids is 1. The summed E-state index contributed by atoms with van der Waals surface area (Å²) in [6.07, 6.45) is 0.784. The molecule has 0 spiro atoms. The summed E-state index contributed by atoms with van der Waals surface area (Å²) in [5.41, 5.74) is -0.555. The van der Waals surface area contributed by atoms with Crippen molar-refractivity contribution in [2.45, 2.75) is 19.8 Å². The average Bonchev–Trinajstić information content (AvgIpc) is 2.21. The van der Waals surface area contributed by atoms with Crippen LogP contribution in [0.3, 0.4) is 0 Å². The van der Waals surface area contributed by atoms with Crippen LogP contribution in [0.2, 0.25) is 0 Å². The lowest BCUT2D eigenvalue weighted by atomic mass is 9.78. The van der Waals surface area contributed by atoms with Crippen LogP contribution >= 0.6 is 0 Å². The summed E-state index contributed by atoms with van der Waals surface area (Å²) in [6.45, 7) is 2.42. The quantitative estimate of drug-likeness (QED) is 0.633. The van der Waals surface area contributed by atoms with Crippen molar-refractivity contribution < 1.29 is 18.3 Å². The fourth-order valence-electron chi connectivity index (χ4n) is 1.99. The number of nitrogens with one attached hydrogen (secondary N) is 1. The molecule has 0 aromatic rings. The Kier molecular flexibility index (Phi) is 4.46. The molecule has 0 saturated carbocycles. The molecule has 0 amide bonds. The van der Waals surface area contributed by atoms with Gasteiger partial charge in [0.2, 0.25) is 0 Å². The molecule has 0 bridgehead atoms. The first-order valence-corrected chi connectivity index (χ1v) is 7.27. The molecule has 0 radical (unpaired) electrons. The smallest absolute Gasteiger partial charge is 0.150 e. The molecule has 2 N–H and O–H groups in total. The van der Waals surface area contributed by atoms with E-state index in [1.54, 1.807) is 0 Å². The van der Waals surface area contributed by atoms with E-state index < -0.39 is 15.3 Å². The van der Waals surface area contributed by atoms with Gasteiger partial charge in [0.05, 0.1) is 18.1 Å². The Morgan fingerprint density at radius 1 is 1.38 bits per heavy atom. The molecule has 94 valence electrons. The number of rotatable bonds is 5. The highest BCUT2D eigenvalue weighted by atomic mass is 32.2. The minimum Gasteiger partial charge on any atom is -0.395 e. The molecule has 1 aliphatic rings. The molecule has 1 rings (SSSR count). The molecule has 6 heteroatoms. The van der Waals surface area contributed by atoms with Crippen LogP contribution in [-0.2, 0) is 14.6 Å². The summed E-state index contributed by atoms with van der Waals surface area (Å²) in [6, 6.07) is 0. The molecule has 0 aromatic heterocycles. The third kappa shape index (κ3) is 3.26. The van der Waals surface area contributed by atoms with Gasteiger partial charge in [0, 0.05) is 18.5 Å². The van der Waals surface area contributed by atoms with E-state index in [1.807, 2.05) is 0 Å². The van der Waals surface area contributed by atoms with Gasteiger partial charge in [-0.25, -0.2) is 8.42 Å². The van der Waals surface area contributed by atoms with Crippen LogP contribution in [0.1, 0.15) is 19.8 Å². The van der Waals surface area contributed by atoms with E-state index in [-0.39, 0.29) is 23.9 Å². The van der Waals surface area contributed by atoms with Gasteiger partial charge >= 0.3 is 0 Å². The van der Waals surface area contributed by atoms with Crippen LogP contribution in [0.25, 0.3) is 0 Å². The molecule has 5 nitrogen and oxygen atoms in total. The Labute approximate surface area is 96.1 Å². The average molecular weight is 249 g/mol. The summed E-state index contributed by atoms with van der Waals surface area (Å²) < 4.78 is 22.6. The molecule has 0 aliphatic carbocycles. The number of carbonyl (C=O) groups is 1. The zero-order valence-corrected chi connectivity index (χ0v) is 10.3. The predicted octanol–water partition coefficient (Wildman–Crippen LogP) is -0.648. The fraction of sp³-hybridized carbons (Fsp3) is 0.900. The second-order valence-corrected chi connectivity index (χ2v) is 6.69. The Morgan fingerprint density at radius 3 is 2.38 bits per heavy atom. The van der Waals surface area contributed by atoms with Crippen molar-refractivity contribution in [1.29, 1.82) is 0 Å². The maximum absolute atomic E-state index is 11.6. The van der Waals surface area contributed by atoms with Crippen molar-refractivity contribution in [2.75, 3.05) is 31.2 Å². The van der Waals surface area contributed by atoms with Crippen LogP contribution in [0.15, 0.2) is 0 Å². The first-order valence-electron chi connectivity index (χ1n) is 5.45. The Morgan fingerprint density at radius 2 is 1.94 bits per heavy atom. The lowest BCUT2D eigenvalue weighted by Crippen LogP contribution is -2.46. The van der Waals surface area contributed by atoms with Gasteiger partial charge < -0.3 is 10.4 Å². The highest BCUT2D eigenvalue weighted by Crippen LogP contribution is 2.32. The second kappa shape index (κ2) is 5.25. The molecule has 16 heavy (non-hydrogen) atoms. The van der Waals surface area contributed by atoms with Crippen molar-refractivity contribution >= 4 is 15.6 Å². The second-order valence-electron chi connectivity index (χ2n) is 4.39. The number of aliphatic hydroxyl groups is 1. The number of hydrogen-bond donors (Lipinski definition) is 2. The number of hydrogen-bond acceptors (Lipinski definition) is 5. The normalized spacial score (nSPS) is 22.9. The van der Waals surface area contributed by atoms with Gasteiger partial charge in [-0.15, -0.1) is 0 Å². The number of ketones is 1. The largest absolute Gasteiger partial charge is 0.395 e. The van der Waals surface area contributed by atoms with Crippen LogP contribution < -0.4 is 5.32 Å². The minimum atomic E-state index is -2.95. The molecule has 0 unspecified atom stereocenters. The van der Waals surface area contributed by atoms with E-state index in [0.717, 1.165) is 0 Å². The van der Waals surface area contributed by atoms with Gasteiger partial charge in [0.25, 0.3) is 0 Å². The zero-order valence-electron chi connectivity index (χ0n) is 9.53. The predicted molar refractivity (Wildman–Crippen MR) is 61.0 cm³/mol. The summed E-state index contributed by atoms with van der Waals surface area (Å²) >= 11 is 0. The third-order valence-corrected chi connectivity index (χ3v) is 4.93. The third-order valence-electron chi connectivity index (χ3n) is 3.28. The van der Waals surface area contributed by atoms with Crippen molar-refractivity contribution in [3.8, 4) is 0 Å². The molecule has 0 atom stereocenters. The summed E-state index contributed by atoms with van der Waals surface area (Å²) in [5.74, 6) is 0.216. The highest BCUT2D eigenvalue weighted by Gasteiger charge is 2.40. The number of aliphatic hydroxyl groups excluding tert-OH is 1. The SMILES string of the molecule is CC(=O)C1(CNCCO)CCS(=O)(=O)CC1. The lowest BCUT2D eigenvalue weighted by Gasteiger charge is -2.34. The van der Waals surface area contributed by atoms with E-state index >= 15 is 0 Å². The van der Waals surface area contributed by atoms with Crippen molar-refractivity contribution in [3.63, 3.8) is 0 Å². The van der Waals surface area contributed by atoms with Crippen LogP contribution in [0.5, 0.6) is 0 Å². The topological polar surface area (TPSA) is 83.5 Å². The zero-order chi connectivity index (χ0) is 12.2. The van der Waals surface area contributed by atoms with Gasteiger partial charge in [-0.1, -0.05) is 0 Å². The van der Waals surface area contributed by atoms with E-state index in [1.165, 1.54) is 6.92 Å². The van der Waals surface area contributed by atoms with Crippen molar-refractivity contribution in [1.82, 2.24) is 5.32 Å². The van der Waals surface area contributed by atoms with Crippen molar-refractivity contribution in [3.05, 3.63) is 0 Å². The Balaban J connectivity index is 2.65. The van der Waals surface area contributed by atoms with Crippen molar-refractivity contribution in [2.24, 2.45) is 5.41 Å². The van der Waals surface area contributed by atoms with Gasteiger partial charge in [-0.05, 0) is 19.8 Å². The van der Waals surface area contributed by atoms with Crippen LogP contribution in [0.4, 0.5) is 0 Å². The Hall–Kier alpha value is -0.460. The molecule has 0 aromatic carbocycles. The molecule has 1 fully saturated rings. The number of sulfone groups is 1.